The van der Waals surface area contributed by atoms with E-state index < -0.39 is 5.92 Å². The van der Waals surface area contributed by atoms with Crippen molar-refractivity contribution in [2.24, 2.45) is 0 Å². The number of benzene rings is 2. The quantitative estimate of drug-likeness (QED) is 0.739. The summed E-state index contributed by atoms with van der Waals surface area (Å²) >= 11 is 0. The van der Waals surface area contributed by atoms with E-state index in [-0.39, 0.29) is 11.3 Å². The van der Waals surface area contributed by atoms with Crippen molar-refractivity contribution in [1.29, 1.82) is 0 Å². The number of rotatable bonds is 2. The van der Waals surface area contributed by atoms with Crippen LogP contribution >= 0.6 is 0 Å². The highest BCUT2D eigenvalue weighted by Gasteiger charge is 2.39. The van der Waals surface area contributed by atoms with Crippen LogP contribution in [-0.2, 0) is 4.79 Å². The molecule has 0 bridgehead atoms. The van der Waals surface area contributed by atoms with Crippen molar-refractivity contribution in [2.75, 3.05) is 0 Å². The maximum atomic E-state index is 13.4. The Hall–Kier alpha value is -3.34. The first-order valence-electron chi connectivity index (χ1n) is 9.55. The summed E-state index contributed by atoms with van der Waals surface area (Å²) in [5.41, 5.74) is 3.53. The maximum absolute atomic E-state index is 13.4. The fourth-order valence-electron chi connectivity index (χ4n) is 4.32. The zero-order valence-electron chi connectivity index (χ0n) is 15.6. The second-order valence-corrected chi connectivity index (χ2v) is 7.31. The number of aromatic nitrogens is 2. The van der Waals surface area contributed by atoms with E-state index in [4.69, 9.17) is 4.74 Å². The van der Waals surface area contributed by atoms with Crippen LogP contribution in [0.2, 0.25) is 0 Å². The number of allylic oxidation sites excluding steroid dienone is 2. The molecular weight excluding hydrogens is 352 g/mol. The van der Waals surface area contributed by atoms with Crippen molar-refractivity contribution in [3.8, 4) is 11.4 Å². The molecular formula is C23H20N2O3. The van der Waals surface area contributed by atoms with E-state index in [1.165, 1.54) is 0 Å². The number of hydrogen-bond acceptors (Lipinski definition) is 3. The number of ketones is 1. The van der Waals surface area contributed by atoms with Crippen molar-refractivity contribution in [1.82, 2.24) is 9.78 Å². The van der Waals surface area contributed by atoms with Gasteiger partial charge in [0.1, 0.15) is 11.5 Å². The van der Waals surface area contributed by atoms with Gasteiger partial charge in [-0.25, -0.2) is 4.68 Å². The zero-order valence-corrected chi connectivity index (χ0v) is 15.6. The Bertz CT molecular complexity index is 1170. The lowest BCUT2D eigenvalue weighted by molar-refractivity contribution is -0.116. The molecule has 140 valence electrons. The lowest BCUT2D eigenvalue weighted by Gasteiger charge is -2.32. The minimum Gasteiger partial charge on any atom is -0.461 e. The number of carbonyl (C=O) groups excluding carboxylic acids is 1. The topological polar surface area (TPSA) is 64.1 Å². The highest BCUT2D eigenvalue weighted by atomic mass is 16.5. The molecule has 0 saturated carbocycles. The third-order valence-electron chi connectivity index (χ3n) is 5.58. The summed E-state index contributed by atoms with van der Waals surface area (Å²) in [7, 11) is 0. The fourth-order valence-corrected chi connectivity index (χ4v) is 4.32. The van der Waals surface area contributed by atoms with E-state index in [9.17, 15) is 9.59 Å². The minimum atomic E-state index is -0.401. The first-order chi connectivity index (χ1) is 13.6. The first-order valence-corrected chi connectivity index (χ1v) is 9.55. The molecule has 5 heteroatoms. The summed E-state index contributed by atoms with van der Waals surface area (Å²) < 4.78 is 7.62. The van der Waals surface area contributed by atoms with Crippen molar-refractivity contribution in [3.05, 3.63) is 93.1 Å². The molecule has 2 aliphatic rings. The van der Waals surface area contributed by atoms with E-state index >= 15 is 0 Å². The van der Waals surface area contributed by atoms with Crippen molar-refractivity contribution in [2.45, 2.75) is 32.1 Å². The van der Waals surface area contributed by atoms with Gasteiger partial charge in [0.25, 0.3) is 5.56 Å². The number of H-pyrrole nitrogens is 1. The lowest BCUT2D eigenvalue weighted by Crippen LogP contribution is -2.29. The molecule has 0 saturated heterocycles. The fraction of sp³-hybridized carbons (Fsp3) is 0.217. The van der Waals surface area contributed by atoms with Gasteiger partial charge in [0.05, 0.1) is 17.2 Å². The molecule has 5 rings (SSSR count). The van der Waals surface area contributed by atoms with Gasteiger partial charge in [0.2, 0.25) is 0 Å². The van der Waals surface area contributed by atoms with Crippen molar-refractivity contribution < 1.29 is 9.53 Å². The summed E-state index contributed by atoms with van der Waals surface area (Å²) in [5.74, 6) is 1.12. The number of ether oxygens (including phenoxy) is 1. The molecule has 0 radical (unpaired) electrons. The Kier molecular flexibility index (Phi) is 3.83. The van der Waals surface area contributed by atoms with Gasteiger partial charge in [-0.05, 0) is 31.5 Å². The predicted molar refractivity (Wildman–Crippen MR) is 106 cm³/mol. The number of Topliss-reactive ketones (excluding diaryl/α,β-unsaturated/α-hetero) is 1. The smallest absolute Gasteiger partial charge is 0.275 e. The Balaban J connectivity index is 1.76. The number of fused-ring (bicyclic) bond motifs is 1. The summed E-state index contributed by atoms with van der Waals surface area (Å²) in [4.78, 5) is 26.3. The Morgan fingerprint density at radius 1 is 1.00 bits per heavy atom. The minimum absolute atomic E-state index is 0.0759. The molecule has 2 aromatic carbocycles. The SMILES string of the molecule is Cc1[nH]n(-c2ccccc2)c(=O)c1C1C2=C(CCCC2=O)Oc2ccccc21. The Morgan fingerprint density at radius 2 is 1.75 bits per heavy atom. The van der Waals surface area contributed by atoms with E-state index in [1.807, 2.05) is 61.5 Å². The van der Waals surface area contributed by atoms with Gasteiger partial charge in [-0.2, -0.15) is 0 Å². The van der Waals surface area contributed by atoms with Gasteiger partial charge in [-0.15, -0.1) is 0 Å². The van der Waals surface area contributed by atoms with E-state index in [2.05, 4.69) is 5.10 Å². The highest BCUT2D eigenvalue weighted by Crippen LogP contribution is 2.46. The van der Waals surface area contributed by atoms with Gasteiger partial charge in [0.15, 0.2) is 5.78 Å². The molecule has 1 N–H and O–H groups in total. The number of nitrogens with zero attached hydrogens (tertiary/aromatic N) is 1. The number of aromatic amines is 1. The number of aryl methyl sites for hydroxylation is 1. The molecule has 28 heavy (non-hydrogen) atoms. The van der Waals surface area contributed by atoms with Crippen LogP contribution in [0, 0.1) is 6.92 Å². The van der Waals surface area contributed by atoms with Crippen LogP contribution in [0.4, 0.5) is 0 Å². The van der Waals surface area contributed by atoms with Gasteiger partial charge < -0.3 is 4.74 Å². The van der Waals surface area contributed by atoms with E-state index in [0.717, 1.165) is 35.5 Å². The summed E-state index contributed by atoms with van der Waals surface area (Å²) in [5, 5.41) is 3.20. The second-order valence-electron chi connectivity index (χ2n) is 7.31. The van der Waals surface area contributed by atoms with E-state index in [0.29, 0.717) is 23.3 Å². The van der Waals surface area contributed by atoms with Gasteiger partial charge in [0, 0.05) is 29.7 Å². The van der Waals surface area contributed by atoms with Crippen LogP contribution in [0.3, 0.4) is 0 Å². The molecule has 1 unspecified atom stereocenters. The molecule has 1 aliphatic heterocycles. The highest BCUT2D eigenvalue weighted by molar-refractivity contribution is 5.99. The molecule has 1 aromatic heterocycles. The van der Waals surface area contributed by atoms with Gasteiger partial charge in [-0.3, -0.25) is 14.7 Å². The molecule has 5 nitrogen and oxygen atoms in total. The summed E-state index contributed by atoms with van der Waals surface area (Å²) in [6, 6.07) is 17.2. The van der Waals surface area contributed by atoms with Gasteiger partial charge in [-0.1, -0.05) is 36.4 Å². The molecule has 0 spiro atoms. The second kappa shape index (κ2) is 6.37. The summed E-state index contributed by atoms with van der Waals surface area (Å²) in [6.45, 7) is 1.89. The lowest BCUT2D eigenvalue weighted by atomic mass is 9.77. The van der Waals surface area contributed by atoms with Crippen LogP contribution in [0.5, 0.6) is 5.75 Å². The maximum Gasteiger partial charge on any atom is 0.275 e. The molecule has 1 atom stereocenters. The number of para-hydroxylation sites is 2. The van der Waals surface area contributed by atoms with E-state index in [1.54, 1.807) is 4.68 Å². The molecule has 0 amide bonds. The van der Waals surface area contributed by atoms with Crippen LogP contribution in [-0.4, -0.2) is 15.6 Å². The van der Waals surface area contributed by atoms with Crippen molar-refractivity contribution >= 4 is 5.78 Å². The Labute approximate surface area is 162 Å². The third kappa shape index (κ3) is 2.47. The average Bonchev–Trinajstić information content (AvgIpc) is 3.01. The van der Waals surface area contributed by atoms with Gasteiger partial charge >= 0.3 is 0 Å². The largest absolute Gasteiger partial charge is 0.461 e. The number of nitrogens with one attached hydrogen (secondary N) is 1. The Morgan fingerprint density at radius 3 is 2.57 bits per heavy atom. The number of carbonyl (C=O) groups is 1. The van der Waals surface area contributed by atoms with Crippen LogP contribution in [0.15, 0.2) is 70.7 Å². The van der Waals surface area contributed by atoms with Crippen LogP contribution in [0.1, 0.15) is 42.0 Å². The standard InChI is InChI=1S/C23H20N2O3/c1-14-20(23(27)25(24-14)15-8-3-2-4-9-15)21-16-10-5-6-12-18(16)28-19-13-7-11-17(26)22(19)21/h2-6,8-10,12,21,24H,7,11,13H2,1H3. The first kappa shape index (κ1) is 16.8. The molecule has 0 fully saturated rings. The number of hydrogen-bond donors (Lipinski definition) is 1. The predicted octanol–water partition coefficient (Wildman–Crippen LogP) is 4.01. The third-order valence-corrected chi connectivity index (χ3v) is 5.58. The summed E-state index contributed by atoms with van der Waals surface area (Å²) in [6.07, 6.45) is 2.01. The monoisotopic (exact) mass is 372 g/mol. The zero-order chi connectivity index (χ0) is 19.3. The molecule has 1 aliphatic carbocycles. The molecule has 2 heterocycles. The van der Waals surface area contributed by atoms with Crippen LogP contribution < -0.4 is 10.3 Å². The van der Waals surface area contributed by atoms with Crippen molar-refractivity contribution in [3.63, 3.8) is 0 Å². The van der Waals surface area contributed by atoms with Crippen LogP contribution in [0.25, 0.3) is 5.69 Å². The normalized spacial score (nSPS) is 18.5. The average molecular weight is 372 g/mol. The molecule has 3 aromatic rings.